The molecule has 0 spiro atoms. The summed E-state index contributed by atoms with van der Waals surface area (Å²) in [5.74, 6) is 0. The minimum absolute atomic E-state index is 0.772. The van der Waals surface area contributed by atoms with Crippen LogP contribution in [0.4, 0.5) is 0 Å². The van der Waals surface area contributed by atoms with E-state index < -0.39 is 0 Å². The van der Waals surface area contributed by atoms with Crippen LogP contribution in [-0.2, 0) is 4.74 Å². The van der Waals surface area contributed by atoms with Gasteiger partial charge in [0, 0.05) is 38.4 Å². The van der Waals surface area contributed by atoms with Gasteiger partial charge in [-0.25, -0.2) is 0 Å². The van der Waals surface area contributed by atoms with E-state index in [4.69, 9.17) is 4.74 Å². The Hall–Kier alpha value is -0.120. The number of hydrogen-bond acceptors (Lipinski definition) is 3. The molecule has 17 heavy (non-hydrogen) atoms. The molecule has 0 aromatic heterocycles. The van der Waals surface area contributed by atoms with Crippen LogP contribution >= 0.6 is 0 Å². The highest BCUT2D eigenvalue weighted by Gasteiger charge is 2.37. The largest absolute Gasteiger partial charge is 0.385 e. The number of rotatable bonds is 6. The topological polar surface area (TPSA) is 24.5 Å². The van der Waals surface area contributed by atoms with E-state index in [1.807, 2.05) is 0 Å². The van der Waals surface area contributed by atoms with E-state index in [0.29, 0.717) is 0 Å². The second kappa shape index (κ2) is 6.72. The molecular formula is C14H28N2O. The van der Waals surface area contributed by atoms with Gasteiger partial charge in [0.25, 0.3) is 0 Å². The summed E-state index contributed by atoms with van der Waals surface area (Å²) in [6.07, 6.45) is 8.16. The van der Waals surface area contributed by atoms with Crippen molar-refractivity contribution in [1.29, 1.82) is 0 Å². The number of methoxy groups -OCH3 is 1. The molecule has 2 bridgehead atoms. The first-order chi connectivity index (χ1) is 8.35. The third kappa shape index (κ3) is 3.43. The maximum Gasteiger partial charge on any atom is 0.0474 e. The fourth-order valence-corrected chi connectivity index (χ4v) is 3.69. The van der Waals surface area contributed by atoms with Gasteiger partial charge in [-0.1, -0.05) is 13.3 Å². The average Bonchev–Trinajstić information content (AvgIpc) is 2.30. The molecule has 2 fully saturated rings. The van der Waals surface area contributed by atoms with Gasteiger partial charge in [-0.3, -0.25) is 4.90 Å². The van der Waals surface area contributed by atoms with Crippen molar-refractivity contribution < 1.29 is 4.74 Å². The van der Waals surface area contributed by atoms with Gasteiger partial charge < -0.3 is 10.1 Å². The molecule has 2 heterocycles. The lowest BCUT2D eigenvalue weighted by Crippen LogP contribution is -2.56. The highest BCUT2D eigenvalue weighted by molar-refractivity contribution is 4.94. The van der Waals surface area contributed by atoms with E-state index in [0.717, 1.165) is 31.3 Å². The Morgan fingerprint density at radius 3 is 2.53 bits per heavy atom. The predicted octanol–water partition coefficient (Wildman–Crippen LogP) is 2.02. The Labute approximate surface area is 106 Å². The van der Waals surface area contributed by atoms with Crippen molar-refractivity contribution in [1.82, 2.24) is 10.2 Å². The summed E-state index contributed by atoms with van der Waals surface area (Å²) < 4.78 is 5.18. The molecule has 1 N–H and O–H groups in total. The van der Waals surface area contributed by atoms with Crippen LogP contribution in [-0.4, -0.2) is 49.8 Å². The summed E-state index contributed by atoms with van der Waals surface area (Å²) >= 11 is 0. The van der Waals surface area contributed by atoms with E-state index in [1.165, 1.54) is 45.1 Å². The first-order valence-electron chi connectivity index (χ1n) is 7.33. The first-order valence-corrected chi connectivity index (χ1v) is 7.33. The SMILES string of the molecule is CCNC1CC2CCCC(C1)N2CCCOC. The zero-order valence-electron chi connectivity index (χ0n) is 11.5. The molecule has 100 valence electrons. The number of ether oxygens (including phenoxy) is 1. The van der Waals surface area contributed by atoms with Crippen LogP contribution in [0.5, 0.6) is 0 Å². The van der Waals surface area contributed by atoms with Gasteiger partial charge >= 0.3 is 0 Å². The first kappa shape index (κ1) is 13.3. The highest BCUT2D eigenvalue weighted by atomic mass is 16.5. The minimum Gasteiger partial charge on any atom is -0.385 e. The lowest BCUT2D eigenvalue weighted by atomic mass is 9.81. The maximum atomic E-state index is 5.18. The third-order valence-electron chi connectivity index (χ3n) is 4.38. The van der Waals surface area contributed by atoms with E-state index >= 15 is 0 Å². The molecule has 0 aromatic carbocycles. The lowest BCUT2D eigenvalue weighted by molar-refractivity contribution is 0.0188. The molecule has 2 aliphatic rings. The Kier molecular flexibility index (Phi) is 5.26. The Balaban J connectivity index is 1.86. The van der Waals surface area contributed by atoms with Crippen molar-refractivity contribution in [3.05, 3.63) is 0 Å². The minimum atomic E-state index is 0.772. The lowest BCUT2D eigenvalue weighted by Gasteiger charge is -2.49. The van der Waals surface area contributed by atoms with Gasteiger partial charge in [-0.05, 0) is 38.6 Å². The zero-order chi connectivity index (χ0) is 12.1. The number of hydrogen-bond donors (Lipinski definition) is 1. The second-order valence-electron chi connectivity index (χ2n) is 5.55. The number of nitrogens with zero attached hydrogens (tertiary/aromatic N) is 1. The summed E-state index contributed by atoms with van der Waals surface area (Å²) in [5.41, 5.74) is 0. The van der Waals surface area contributed by atoms with Crippen LogP contribution in [0, 0.1) is 0 Å². The molecule has 3 nitrogen and oxygen atoms in total. The molecule has 2 unspecified atom stereocenters. The summed E-state index contributed by atoms with van der Waals surface area (Å²) in [4.78, 5) is 2.77. The van der Waals surface area contributed by atoms with Gasteiger partial charge in [-0.15, -0.1) is 0 Å². The fourth-order valence-electron chi connectivity index (χ4n) is 3.69. The van der Waals surface area contributed by atoms with E-state index in [-0.39, 0.29) is 0 Å². The van der Waals surface area contributed by atoms with E-state index in [2.05, 4.69) is 17.1 Å². The van der Waals surface area contributed by atoms with Gasteiger partial charge in [0.15, 0.2) is 0 Å². The summed E-state index contributed by atoms with van der Waals surface area (Å²) in [5, 5.41) is 3.65. The van der Waals surface area contributed by atoms with Gasteiger partial charge in [0.05, 0.1) is 0 Å². The number of fused-ring (bicyclic) bond motifs is 2. The summed E-state index contributed by atoms with van der Waals surface area (Å²) in [7, 11) is 1.80. The number of nitrogens with one attached hydrogen (secondary N) is 1. The second-order valence-corrected chi connectivity index (χ2v) is 5.55. The van der Waals surface area contributed by atoms with Crippen LogP contribution in [0.15, 0.2) is 0 Å². The quantitative estimate of drug-likeness (QED) is 0.719. The molecule has 0 saturated carbocycles. The van der Waals surface area contributed by atoms with Crippen LogP contribution in [0.1, 0.15) is 45.4 Å². The molecular weight excluding hydrogens is 212 g/mol. The monoisotopic (exact) mass is 240 g/mol. The van der Waals surface area contributed by atoms with Crippen LogP contribution < -0.4 is 5.32 Å². The average molecular weight is 240 g/mol. The van der Waals surface area contributed by atoms with Crippen LogP contribution in [0.3, 0.4) is 0 Å². The van der Waals surface area contributed by atoms with Crippen molar-refractivity contribution in [2.75, 3.05) is 26.8 Å². The Morgan fingerprint density at radius 1 is 1.24 bits per heavy atom. The molecule has 0 aliphatic carbocycles. The maximum absolute atomic E-state index is 5.18. The Morgan fingerprint density at radius 2 is 1.94 bits per heavy atom. The van der Waals surface area contributed by atoms with E-state index in [1.54, 1.807) is 7.11 Å². The van der Waals surface area contributed by atoms with E-state index in [9.17, 15) is 0 Å². The molecule has 2 rings (SSSR count). The van der Waals surface area contributed by atoms with Crippen molar-refractivity contribution in [3.8, 4) is 0 Å². The zero-order valence-corrected chi connectivity index (χ0v) is 11.5. The van der Waals surface area contributed by atoms with Crippen LogP contribution in [0.25, 0.3) is 0 Å². The van der Waals surface area contributed by atoms with Gasteiger partial charge in [0.2, 0.25) is 0 Å². The predicted molar refractivity (Wildman–Crippen MR) is 71.3 cm³/mol. The van der Waals surface area contributed by atoms with Gasteiger partial charge in [-0.2, -0.15) is 0 Å². The van der Waals surface area contributed by atoms with Crippen molar-refractivity contribution in [2.24, 2.45) is 0 Å². The summed E-state index contributed by atoms with van der Waals surface area (Å²) in [6, 6.07) is 2.45. The smallest absolute Gasteiger partial charge is 0.0474 e. The molecule has 0 aromatic rings. The highest BCUT2D eigenvalue weighted by Crippen LogP contribution is 2.33. The third-order valence-corrected chi connectivity index (χ3v) is 4.38. The van der Waals surface area contributed by atoms with Crippen molar-refractivity contribution in [3.63, 3.8) is 0 Å². The molecule has 2 saturated heterocycles. The molecule has 3 heteroatoms. The fraction of sp³-hybridized carbons (Fsp3) is 1.00. The molecule has 2 atom stereocenters. The van der Waals surface area contributed by atoms with Crippen LogP contribution in [0.2, 0.25) is 0 Å². The van der Waals surface area contributed by atoms with Crippen molar-refractivity contribution >= 4 is 0 Å². The Bertz CT molecular complexity index is 208. The summed E-state index contributed by atoms with van der Waals surface area (Å²) in [6.45, 7) is 5.49. The van der Waals surface area contributed by atoms with Crippen molar-refractivity contribution in [2.45, 2.75) is 63.6 Å². The molecule has 0 radical (unpaired) electrons. The standard InChI is InChI=1S/C14H28N2O/c1-3-15-12-10-13-6-4-7-14(11-12)16(13)8-5-9-17-2/h12-15H,3-11H2,1-2H3. The number of piperidine rings is 2. The molecule has 0 amide bonds. The normalized spacial score (nSPS) is 33.9. The molecule has 2 aliphatic heterocycles. The van der Waals surface area contributed by atoms with Gasteiger partial charge in [0.1, 0.15) is 0 Å².